The van der Waals surface area contributed by atoms with E-state index < -0.39 is 0 Å². The molecule has 2 aromatic rings. The van der Waals surface area contributed by atoms with E-state index >= 15 is 0 Å². The highest BCUT2D eigenvalue weighted by Gasteiger charge is 2.05. The third-order valence-corrected chi connectivity index (χ3v) is 3.07. The lowest BCUT2D eigenvalue weighted by molar-refractivity contribution is 0.567. The zero-order valence-electron chi connectivity index (χ0n) is 9.60. The van der Waals surface area contributed by atoms with Crippen molar-refractivity contribution in [2.24, 2.45) is 0 Å². The van der Waals surface area contributed by atoms with Gasteiger partial charge in [-0.05, 0) is 30.7 Å². The number of nitrogens with zero attached hydrogens (tertiary/aromatic N) is 2. The maximum atomic E-state index is 4.18. The van der Waals surface area contributed by atoms with E-state index in [1.54, 1.807) is 12.5 Å². The first kappa shape index (κ1) is 12.2. The Kier molecular flexibility index (Phi) is 4.23. The summed E-state index contributed by atoms with van der Waals surface area (Å²) in [5, 5.41) is 3.43. The zero-order valence-corrected chi connectivity index (χ0v) is 11.2. The quantitative estimate of drug-likeness (QED) is 0.941. The Balaban J connectivity index is 1.96. The fourth-order valence-electron chi connectivity index (χ4n) is 1.57. The van der Waals surface area contributed by atoms with Crippen LogP contribution in [0.3, 0.4) is 0 Å². The second kappa shape index (κ2) is 5.89. The Morgan fingerprint density at radius 2 is 2.24 bits per heavy atom. The molecule has 0 bridgehead atoms. The van der Waals surface area contributed by atoms with E-state index in [4.69, 9.17) is 0 Å². The molecule has 1 N–H and O–H groups in total. The number of rotatable bonds is 4. The highest BCUT2D eigenvalue weighted by molar-refractivity contribution is 9.10. The molecule has 4 heteroatoms. The van der Waals surface area contributed by atoms with Crippen LogP contribution >= 0.6 is 15.9 Å². The molecule has 0 spiro atoms. The second-order valence-electron chi connectivity index (χ2n) is 3.86. The maximum absolute atomic E-state index is 4.18. The highest BCUT2D eigenvalue weighted by atomic mass is 79.9. The molecule has 0 aliphatic rings. The van der Waals surface area contributed by atoms with Gasteiger partial charge >= 0.3 is 0 Å². The van der Waals surface area contributed by atoms with Crippen molar-refractivity contribution in [1.82, 2.24) is 15.3 Å². The van der Waals surface area contributed by atoms with Gasteiger partial charge in [0.1, 0.15) is 6.33 Å². The van der Waals surface area contributed by atoms with Crippen molar-refractivity contribution in [3.05, 3.63) is 58.6 Å². The molecule has 1 unspecified atom stereocenters. The molecule has 0 aliphatic heterocycles. The third-order valence-electron chi connectivity index (χ3n) is 2.58. The summed E-state index contributed by atoms with van der Waals surface area (Å²) in [5.74, 6) is 0. The first-order chi connectivity index (χ1) is 8.25. The van der Waals surface area contributed by atoms with Crippen molar-refractivity contribution in [2.45, 2.75) is 19.5 Å². The second-order valence-corrected chi connectivity index (χ2v) is 4.77. The fourth-order valence-corrected chi connectivity index (χ4v) is 1.99. The van der Waals surface area contributed by atoms with Gasteiger partial charge in [0, 0.05) is 23.3 Å². The Hall–Kier alpha value is -1.26. The average Bonchev–Trinajstić information content (AvgIpc) is 2.37. The summed E-state index contributed by atoms with van der Waals surface area (Å²) in [4.78, 5) is 8.08. The van der Waals surface area contributed by atoms with Crippen LogP contribution < -0.4 is 5.32 Å². The van der Waals surface area contributed by atoms with Gasteiger partial charge in [-0.15, -0.1) is 0 Å². The van der Waals surface area contributed by atoms with Crippen LogP contribution in [0.15, 0.2) is 47.3 Å². The molecule has 2 rings (SSSR count). The molecule has 88 valence electrons. The van der Waals surface area contributed by atoms with Crippen LogP contribution in [-0.2, 0) is 6.54 Å². The topological polar surface area (TPSA) is 37.8 Å². The van der Waals surface area contributed by atoms with E-state index in [1.165, 1.54) is 5.56 Å². The smallest absolute Gasteiger partial charge is 0.115 e. The number of halogens is 1. The summed E-state index contributed by atoms with van der Waals surface area (Å²) < 4.78 is 1.10. The molecular weight excluding hydrogens is 278 g/mol. The molecule has 1 aromatic heterocycles. The van der Waals surface area contributed by atoms with Crippen LogP contribution in [0.2, 0.25) is 0 Å². The van der Waals surface area contributed by atoms with Crippen LogP contribution in [0.4, 0.5) is 0 Å². The van der Waals surface area contributed by atoms with Crippen LogP contribution in [0.1, 0.15) is 24.2 Å². The molecule has 1 aromatic carbocycles. The minimum Gasteiger partial charge on any atom is -0.305 e. The van der Waals surface area contributed by atoms with Crippen LogP contribution in [0, 0.1) is 0 Å². The lowest BCUT2D eigenvalue weighted by atomic mass is 10.1. The van der Waals surface area contributed by atoms with Crippen molar-refractivity contribution in [2.75, 3.05) is 0 Å². The van der Waals surface area contributed by atoms with E-state index in [9.17, 15) is 0 Å². The molecule has 17 heavy (non-hydrogen) atoms. The number of aromatic nitrogens is 2. The van der Waals surface area contributed by atoms with Gasteiger partial charge in [0.05, 0.1) is 5.69 Å². The van der Waals surface area contributed by atoms with Gasteiger partial charge in [0.2, 0.25) is 0 Å². The standard InChI is InChI=1S/C13H14BrN3/c1-10(11-3-2-4-12(14)7-11)16-8-13-5-6-15-9-17-13/h2-7,9-10,16H,8H2,1H3. The van der Waals surface area contributed by atoms with Gasteiger partial charge in [-0.25, -0.2) is 9.97 Å². The molecule has 3 nitrogen and oxygen atoms in total. The van der Waals surface area contributed by atoms with Crippen molar-refractivity contribution >= 4 is 15.9 Å². The number of benzene rings is 1. The van der Waals surface area contributed by atoms with Crippen LogP contribution in [0.25, 0.3) is 0 Å². The normalized spacial score (nSPS) is 12.4. The summed E-state index contributed by atoms with van der Waals surface area (Å²) in [7, 11) is 0. The molecule has 0 saturated carbocycles. The predicted molar refractivity (Wildman–Crippen MR) is 71.4 cm³/mol. The molecule has 0 amide bonds. The Morgan fingerprint density at radius 3 is 2.94 bits per heavy atom. The van der Waals surface area contributed by atoms with Crippen molar-refractivity contribution in [3.8, 4) is 0 Å². The van der Waals surface area contributed by atoms with E-state index in [0.717, 1.165) is 16.7 Å². The van der Waals surface area contributed by atoms with E-state index in [2.05, 4.69) is 50.3 Å². The first-order valence-electron chi connectivity index (χ1n) is 5.49. The summed E-state index contributed by atoms with van der Waals surface area (Å²) in [5.41, 5.74) is 2.26. The van der Waals surface area contributed by atoms with Gasteiger partial charge in [-0.3, -0.25) is 0 Å². The van der Waals surface area contributed by atoms with Crippen molar-refractivity contribution < 1.29 is 0 Å². The maximum Gasteiger partial charge on any atom is 0.115 e. The summed E-state index contributed by atoms with van der Waals surface area (Å²) in [6, 6.07) is 10.5. The number of hydrogen-bond acceptors (Lipinski definition) is 3. The Labute approximate surface area is 109 Å². The summed E-state index contributed by atoms with van der Waals surface area (Å²) in [6.45, 7) is 2.89. The molecule has 1 heterocycles. The van der Waals surface area contributed by atoms with Gasteiger partial charge < -0.3 is 5.32 Å². The van der Waals surface area contributed by atoms with Gasteiger partial charge in [-0.1, -0.05) is 28.1 Å². The molecular formula is C13H14BrN3. The van der Waals surface area contributed by atoms with E-state index in [1.807, 2.05) is 18.2 Å². The number of nitrogens with one attached hydrogen (secondary N) is 1. The van der Waals surface area contributed by atoms with Gasteiger partial charge in [0.25, 0.3) is 0 Å². The first-order valence-corrected chi connectivity index (χ1v) is 6.29. The Morgan fingerprint density at radius 1 is 1.35 bits per heavy atom. The summed E-state index contributed by atoms with van der Waals surface area (Å²) in [6.07, 6.45) is 3.33. The minimum atomic E-state index is 0.294. The SMILES string of the molecule is CC(NCc1ccncn1)c1cccc(Br)c1. The van der Waals surface area contributed by atoms with Crippen molar-refractivity contribution in [3.63, 3.8) is 0 Å². The molecule has 0 fully saturated rings. The lowest BCUT2D eigenvalue weighted by Crippen LogP contribution is -2.18. The van der Waals surface area contributed by atoms with E-state index in [0.29, 0.717) is 6.04 Å². The number of hydrogen-bond donors (Lipinski definition) is 1. The lowest BCUT2D eigenvalue weighted by Gasteiger charge is -2.14. The highest BCUT2D eigenvalue weighted by Crippen LogP contribution is 2.17. The molecule has 1 atom stereocenters. The molecule has 0 saturated heterocycles. The predicted octanol–water partition coefficient (Wildman–Crippen LogP) is 3.09. The molecule has 0 aliphatic carbocycles. The molecule has 0 radical (unpaired) electrons. The van der Waals surface area contributed by atoms with Crippen LogP contribution in [0.5, 0.6) is 0 Å². The van der Waals surface area contributed by atoms with E-state index in [-0.39, 0.29) is 0 Å². The van der Waals surface area contributed by atoms with Crippen LogP contribution in [-0.4, -0.2) is 9.97 Å². The third kappa shape index (κ3) is 3.61. The summed E-state index contributed by atoms with van der Waals surface area (Å²) >= 11 is 3.48. The monoisotopic (exact) mass is 291 g/mol. The Bertz CT molecular complexity index is 473. The fraction of sp³-hybridized carbons (Fsp3) is 0.231. The average molecular weight is 292 g/mol. The minimum absolute atomic E-state index is 0.294. The van der Waals surface area contributed by atoms with Crippen molar-refractivity contribution in [1.29, 1.82) is 0 Å². The largest absolute Gasteiger partial charge is 0.305 e. The van der Waals surface area contributed by atoms with Gasteiger partial charge in [0.15, 0.2) is 0 Å². The van der Waals surface area contributed by atoms with Gasteiger partial charge in [-0.2, -0.15) is 0 Å². The zero-order chi connectivity index (χ0) is 12.1.